The van der Waals surface area contributed by atoms with Crippen molar-refractivity contribution in [1.82, 2.24) is 10.2 Å². The third-order valence-electron chi connectivity index (χ3n) is 5.34. The molecule has 0 saturated heterocycles. The largest absolute Gasteiger partial charge is 0.416 e. The van der Waals surface area contributed by atoms with Crippen LogP contribution >= 0.6 is 0 Å². The summed E-state index contributed by atoms with van der Waals surface area (Å²) in [6.45, 7) is 0. The number of aromatic amines is 1. The molecule has 5 rings (SSSR count). The average Bonchev–Trinajstić information content (AvgIpc) is 3.16. The van der Waals surface area contributed by atoms with Gasteiger partial charge in [-0.05, 0) is 36.4 Å². The fourth-order valence-electron chi connectivity index (χ4n) is 3.95. The molecule has 168 valence electrons. The molecular weight excluding hydrogens is 448 g/mol. The number of benzene rings is 3. The SMILES string of the molecule is NC1=NC(c2cc(F)ccc2C(F)(F)F)N(c2n[nH]c3c(F)cc(F)cc23)c2ccccc21. The molecule has 0 radical (unpaired) electrons. The highest BCUT2D eigenvalue weighted by atomic mass is 19.4. The standard InChI is InChI=1S/C22H13F6N5/c23-10-5-6-15(22(26,27)28)13(7-10)20-30-19(29)12-3-1-2-4-17(12)33(20)21-14-8-11(24)9-16(25)18(14)31-32-21/h1-9,20H,(H2,29,30)(H,31,32). The summed E-state index contributed by atoms with van der Waals surface area (Å²) in [5, 5.41) is 6.45. The molecule has 1 aliphatic rings. The zero-order valence-electron chi connectivity index (χ0n) is 16.5. The lowest BCUT2D eigenvalue weighted by Gasteiger charge is -2.36. The van der Waals surface area contributed by atoms with Gasteiger partial charge < -0.3 is 5.73 Å². The second-order valence-electron chi connectivity index (χ2n) is 7.36. The summed E-state index contributed by atoms with van der Waals surface area (Å²) in [4.78, 5) is 5.45. The second-order valence-corrected chi connectivity index (χ2v) is 7.36. The molecule has 5 nitrogen and oxygen atoms in total. The first kappa shape index (κ1) is 20.9. The Hall–Kier alpha value is -4.02. The maximum Gasteiger partial charge on any atom is 0.416 e. The number of nitrogens with two attached hydrogens (primary N) is 1. The number of aliphatic imine (C=N–C) groups is 1. The molecule has 4 aromatic rings. The number of H-pyrrole nitrogens is 1. The summed E-state index contributed by atoms with van der Waals surface area (Å²) in [6, 6.07) is 10.0. The predicted molar refractivity (Wildman–Crippen MR) is 109 cm³/mol. The van der Waals surface area contributed by atoms with E-state index in [1.54, 1.807) is 24.3 Å². The van der Waals surface area contributed by atoms with Gasteiger partial charge >= 0.3 is 6.18 Å². The van der Waals surface area contributed by atoms with Gasteiger partial charge in [0.1, 0.15) is 23.0 Å². The molecule has 1 unspecified atom stereocenters. The van der Waals surface area contributed by atoms with Crippen LogP contribution in [0.1, 0.15) is 22.9 Å². The number of hydrogen-bond acceptors (Lipinski definition) is 4. The van der Waals surface area contributed by atoms with Crippen LogP contribution in [-0.4, -0.2) is 16.0 Å². The number of alkyl halides is 3. The number of amidine groups is 1. The number of anilines is 2. The molecule has 0 fully saturated rings. The summed E-state index contributed by atoms with van der Waals surface area (Å²) in [5.74, 6) is -2.95. The van der Waals surface area contributed by atoms with Gasteiger partial charge in [-0.2, -0.15) is 18.3 Å². The molecule has 3 N–H and O–H groups in total. The number of aromatic nitrogens is 2. The number of para-hydroxylation sites is 1. The number of hydrogen-bond donors (Lipinski definition) is 2. The van der Waals surface area contributed by atoms with E-state index in [1.807, 2.05) is 0 Å². The van der Waals surface area contributed by atoms with E-state index in [2.05, 4.69) is 15.2 Å². The number of nitrogens with one attached hydrogen (secondary N) is 1. The lowest BCUT2D eigenvalue weighted by molar-refractivity contribution is -0.138. The van der Waals surface area contributed by atoms with Crippen LogP contribution in [0, 0.1) is 17.5 Å². The maximum absolute atomic E-state index is 14.3. The maximum atomic E-state index is 14.3. The van der Waals surface area contributed by atoms with Crippen molar-refractivity contribution in [2.45, 2.75) is 12.3 Å². The Morgan fingerprint density at radius 1 is 0.939 bits per heavy atom. The van der Waals surface area contributed by atoms with Crippen molar-refractivity contribution in [1.29, 1.82) is 0 Å². The van der Waals surface area contributed by atoms with Crippen molar-refractivity contribution in [3.05, 3.63) is 88.7 Å². The lowest BCUT2D eigenvalue weighted by Crippen LogP contribution is -2.34. The molecule has 33 heavy (non-hydrogen) atoms. The van der Waals surface area contributed by atoms with Crippen LogP contribution in [0.25, 0.3) is 10.9 Å². The first-order chi connectivity index (χ1) is 15.6. The van der Waals surface area contributed by atoms with E-state index in [1.165, 1.54) is 4.90 Å². The molecule has 11 heteroatoms. The van der Waals surface area contributed by atoms with E-state index in [-0.39, 0.29) is 28.2 Å². The molecule has 1 atom stereocenters. The Morgan fingerprint density at radius 2 is 1.70 bits per heavy atom. The van der Waals surface area contributed by atoms with Gasteiger partial charge in [0.2, 0.25) is 0 Å². The van der Waals surface area contributed by atoms with Crippen LogP contribution in [0.2, 0.25) is 0 Å². The van der Waals surface area contributed by atoms with Crippen molar-refractivity contribution in [2.75, 3.05) is 4.90 Å². The van der Waals surface area contributed by atoms with Gasteiger partial charge in [0.05, 0.1) is 16.6 Å². The van der Waals surface area contributed by atoms with Gasteiger partial charge in [-0.3, -0.25) is 10.00 Å². The van der Waals surface area contributed by atoms with E-state index in [4.69, 9.17) is 5.73 Å². The van der Waals surface area contributed by atoms with Gasteiger partial charge in [-0.1, -0.05) is 12.1 Å². The molecule has 2 heterocycles. The highest BCUT2D eigenvalue weighted by Gasteiger charge is 2.40. The van der Waals surface area contributed by atoms with Crippen LogP contribution in [0.4, 0.5) is 37.8 Å². The van der Waals surface area contributed by atoms with E-state index in [0.717, 1.165) is 6.07 Å². The fourth-order valence-corrected chi connectivity index (χ4v) is 3.95. The quantitative estimate of drug-likeness (QED) is 0.385. The molecule has 0 spiro atoms. The Morgan fingerprint density at radius 3 is 2.45 bits per heavy atom. The third-order valence-corrected chi connectivity index (χ3v) is 5.34. The Balaban J connectivity index is 1.83. The lowest BCUT2D eigenvalue weighted by atomic mass is 9.99. The highest BCUT2D eigenvalue weighted by Crippen LogP contribution is 2.46. The van der Waals surface area contributed by atoms with Crippen molar-refractivity contribution < 1.29 is 26.3 Å². The van der Waals surface area contributed by atoms with E-state index in [9.17, 15) is 26.3 Å². The summed E-state index contributed by atoms with van der Waals surface area (Å²) in [7, 11) is 0. The summed E-state index contributed by atoms with van der Waals surface area (Å²) < 4.78 is 83.9. The zero-order chi connectivity index (χ0) is 23.5. The predicted octanol–water partition coefficient (Wildman–Crippen LogP) is 5.55. The minimum Gasteiger partial charge on any atom is -0.383 e. The van der Waals surface area contributed by atoms with Crippen molar-refractivity contribution in [2.24, 2.45) is 10.7 Å². The molecule has 1 aromatic heterocycles. The zero-order valence-corrected chi connectivity index (χ0v) is 16.5. The van der Waals surface area contributed by atoms with Crippen molar-refractivity contribution in [3.63, 3.8) is 0 Å². The molecule has 0 aliphatic carbocycles. The Kier molecular flexibility index (Phi) is 4.59. The summed E-state index contributed by atoms with van der Waals surface area (Å²) in [6.07, 6.45) is -6.35. The van der Waals surface area contributed by atoms with Crippen LogP contribution < -0.4 is 10.6 Å². The fraction of sp³-hybridized carbons (Fsp3) is 0.0909. The molecular formula is C22H13F6N5. The van der Waals surface area contributed by atoms with Crippen LogP contribution in [-0.2, 0) is 6.18 Å². The smallest absolute Gasteiger partial charge is 0.383 e. The van der Waals surface area contributed by atoms with Crippen LogP contribution in [0.3, 0.4) is 0 Å². The summed E-state index contributed by atoms with van der Waals surface area (Å²) in [5.41, 5.74) is 4.88. The van der Waals surface area contributed by atoms with Crippen LogP contribution in [0.5, 0.6) is 0 Å². The molecule has 1 aliphatic heterocycles. The Bertz CT molecular complexity index is 1420. The molecule has 0 saturated carbocycles. The second kappa shape index (κ2) is 7.26. The van der Waals surface area contributed by atoms with Gasteiger partial charge in [0, 0.05) is 17.2 Å². The van der Waals surface area contributed by atoms with Gasteiger partial charge in [-0.15, -0.1) is 0 Å². The third kappa shape index (κ3) is 3.36. The monoisotopic (exact) mass is 461 g/mol. The normalized spacial score (nSPS) is 16.1. The highest BCUT2D eigenvalue weighted by molar-refractivity contribution is 6.06. The minimum atomic E-state index is -4.83. The van der Waals surface area contributed by atoms with E-state index < -0.39 is 40.9 Å². The van der Waals surface area contributed by atoms with Gasteiger partial charge in [0.25, 0.3) is 0 Å². The number of halogens is 6. The molecule has 0 amide bonds. The number of rotatable bonds is 2. The Labute approximate surface area is 182 Å². The number of fused-ring (bicyclic) bond motifs is 2. The minimum absolute atomic E-state index is 0.0343. The van der Waals surface area contributed by atoms with Gasteiger partial charge in [-0.25, -0.2) is 18.2 Å². The van der Waals surface area contributed by atoms with Crippen molar-refractivity contribution in [3.8, 4) is 0 Å². The van der Waals surface area contributed by atoms with Crippen molar-refractivity contribution >= 4 is 28.2 Å². The molecule has 0 bridgehead atoms. The van der Waals surface area contributed by atoms with Crippen LogP contribution in [0.15, 0.2) is 59.6 Å². The topological polar surface area (TPSA) is 70.3 Å². The average molecular weight is 461 g/mol. The van der Waals surface area contributed by atoms with Gasteiger partial charge in [0.15, 0.2) is 17.8 Å². The first-order valence-corrected chi connectivity index (χ1v) is 9.57. The van der Waals surface area contributed by atoms with E-state index in [0.29, 0.717) is 29.8 Å². The molecule has 3 aromatic carbocycles. The number of nitrogens with zero attached hydrogens (tertiary/aromatic N) is 3. The first-order valence-electron chi connectivity index (χ1n) is 9.57. The summed E-state index contributed by atoms with van der Waals surface area (Å²) >= 11 is 0. The van der Waals surface area contributed by atoms with E-state index >= 15 is 0 Å².